The molecule has 0 saturated heterocycles. The third-order valence-electron chi connectivity index (χ3n) is 3.48. The van der Waals surface area contributed by atoms with Crippen molar-refractivity contribution in [1.82, 2.24) is 0 Å². The van der Waals surface area contributed by atoms with Gasteiger partial charge in [0.05, 0.1) is 15.5 Å². The number of sulfone groups is 1. The molecule has 0 radical (unpaired) electrons. The van der Waals surface area contributed by atoms with Crippen molar-refractivity contribution in [2.45, 2.75) is 30.6 Å². The minimum atomic E-state index is -3.72. The van der Waals surface area contributed by atoms with Gasteiger partial charge in [-0.1, -0.05) is 19.1 Å². The van der Waals surface area contributed by atoms with Gasteiger partial charge in [-0.3, -0.25) is 4.72 Å². The molecule has 0 atom stereocenters. The Hall–Kier alpha value is -1.86. The van der Waals surface area contributed by atoms with Crippen LogP contribution in [0.3, 0.4) is 0 Å². The molecule has 2 aromatic carbocycles. The zero-order valence-electron chi connectivity index (χ0n) is 13.2. The first-order valence-electron chi connectivity index (χ1n) is 7.08. The third kappa shape index (κ3) is 3.92. The lowest BCUT2D eigenvalue weighted by molar-refractivity contribution is 0.597. The van der Waals surface area contributed by atoms with Gasteiger partial charge in [-0.15, -0.1) is 0 Å². The number of nitrogens with one attached hydrogen (secondary N) is 1. The van der Waals surface area contributed by atoms with Gasteiger partial charge in [-0.05, 0) is 55.3 Å². The molecular formula is C16H19NO4S2. The Morgan fingerprint density at radius 3 is 2.09 bits per heavy atom. The molecule has 2 aromatic rings. The van der Waals surface area contributed by atoms with Gasteiger partial charge in [0.15, 0.2) is 9.84 Å². The molecule has 23 heavy (non-hydrogen) atoms. The van der Waals surface area contributed by atoms with Gasteiger partial charge in [0.25, 0.3) is 10.0 Å². The van der Waals surface area contributed by atoms with Crippen LogP contribution < -0.4 is 4.72 Å². The minimum absolute atomic E-state index is 0.000556. The highest BCUT2D eigenvalue weighted by Gasteiger charge is 2.18. The van der Waals surface area contributed by atoms with E-state index >= 15 is 0 Å². The average Bonchev–Trinajstić information content (AvgIpc) is 2.49. The van der Waals surface area contributed by atoms with Crippen LogP contribution in [0.5, 0.6) is 0 Å². The Morgan fingerprint density at radius 1 is 0.913 bits per heavy atom. The second kappa shape index (κ2) is 6.33. The lowest BCUT2D eigenvalue weighted by atomic mass is 10.2. The topological polar surface area (TPSA) is 80.3 Å². The van der Waals surface area contributed by atoms with Crippen LogP contribution in [0.25, 0.3) is 0 Å². The first-order chi connectivity index (χ1) is 10.7. The number of rotatable bonds is 5. The van der Waals surface area contributed by atoms with Gasteiger partial charge in [0.1, 0.15) is 0 Å². The van der Waals surface area contributed by atoms with Crippen LogP contribution in [0, 0.1) is 13.8 Å². The van der Waals surface area contributed by atoms with E-state index in [0.717, 1.165) is 5.56 Å². The number of benzene rings is 2. The SMILES string of the molecule is CCS(=O)(=O)c1ccc(NS(=O)(=O)c2cc(C)ccc2C)cc1. The Kier molecular flexibility index (Phi) is 4.81. The molecular weight excluding hydrogens is 334 g/mol. The highest BCUT2D eigenvalue weighted by Crippen LogP contribution is 2.22. The van der Waals surface area contributed by atoms with Crippen LogP contribution in [-0.2, 0) is 19.9 Å². The van der Waals surface area contributed by atoms with E-state index in [4.69, 9.17) is 0 Å². The molecule has 0 aliphatic heterocycles. The molecule has 7 heteroatoms. The van der Waals surface area contributed by atoms with Crippen molar-refractivity contribution in [3.63, 3.8) is 0 Å². The predicted molar refractivity (Wildman–Crippen MR) is 90.9 cm³/mol. The summed E-state index contributed by atoms with van der Waals surface area (Å²) in [5.41, 5.74) is 1.81. The summed E-state index contributed by atoms with van der Waals surface area (Å²) < 4.78 is 51.0. The van der Waals surface area contributed by atoms with E-state index in [0.29, 0.717) is 11.3 Å². The van der Waals surface area contributed by atoms with Crippen LogP contribution >= 0.6 is 0 Å². The standard InChI is InChI=1S/C16H19NO4S2/c1-4-22(18,19)15-9-7-14(8-10-15)17-23(20,21)16-11-12(2)5-6-13(16)3/h5-11,17H,4H2,1-3H3. The summed E-state index contributed by atoms with van der Waals surface area (Å²) in [6.07, 6.45) is 0. The van der Waals surface area contributed by atoms with Crippen molar-refractivity contribution < 1.29 is 16.8 Å². The van der Waals surface area contributed by atoms with Crippen LogP contribution in [0.15, 0.2) is 52.3 Å². The number of hydrogen-bond donors (Lipinski definition) is 1. The zero-order chi connectivity index (χ0) is 17.3. The lowest BCUT2D eigenvalue weighted by Crippen LogP contribution is -2.14. The summed E-state index contributed by atoms with van der Waals surface area (Å²) in [4.78, 5) is 0.387. The van der Waals surface area contributed by atoms with Crippen LogP contribution in [0.1, 0.15) is 18.1 Å². The van der Waals surface area contributed by atoms with Crippen LogP contribution in [0.4, 0.5) is 5.69 Å². The fraction of sp³-hybridized carbons (Fsp3) is 0.250. The normalized spacial score (nSPS) is 12.1. The minimum Gasteiger partial charge on any atom is -0.280 e. The first kappa shape index (κ1) is 17.5. The van der Waals surface area contributed by atoms with Crippen molar-refractivity contribution in [2.24, 2.45) is 0 Å². The van der Waals surface area contributed by atoms with Gasteiger partial charge in [-0.25, -0.2) is 16.8 Å². The molecule has 0 saturated carbocycles. The van der Waals surface area contributed by atoms with Crippen molar-refractivity contribution >= 4 is 25.5 Å². The maximum Gasteiger partial charge on any atom is 0.262 e. The third-order valence-corrected chi connectivity index (χ3v) is 6.75. The number of sulfonamides is 1. The van der Waals surface area contributed by atoms with Gasteiger partial charge in [0.2, 0.25) is 0 Å². The Labute approximate surface area is 137 Å². The average molecular weight is 353 g/mol. The Balaban J connectivity index is 2.33. The number of aryl methyl sites for hydroxylation is 2. The van der Waals surface area contributed by atoms with Crippen molar-refractivity contribution in [3.05, 3.63) is 53.6 Å². The van der Waals surface area contributed by atoms with Gasteiger partial charge >= 0.3 is 0 Å². The predicted octanol–water partition coefficient (Wildman–Crippen LogP) is 2.90. The highest BCUT2D eigenvalue weighted by molar-refractivity contribution is 7.92. The number of anilines is 1. The van der Waals surface area contributed by atoms with E-state index in [1.165, 1.54) is 24.3 Å². The van der Waals surface area contributed by atoms with Gasteiger partial charge < -0.3 is 0 Å². The molecule has 0 fully saturated rings. The van der Waals surface area contributed by atoms with E-state index in [1.54, 1.807) is 26.0 Å². The van der Waals surface area contributed by atoms with E-state index in [1.807, 2.05) is 13.0 Å². The molecule has 0 aromatic heterocycles. The first-order valence-corrected chi connectivity index (χ1v) is 10.2. The Bertz CT molecular complexity index is 915. The van der Waals surface area contributed by atoms with Crippen molar-refractivity contribution in [3.8, 4) is 0 Å². The molecule has 0 aliphatic rings. The summed E-state index contributed by atoms with van der Waals surface area (Å²) in [6, 6.07) is 10.9. The van der Waals surface area contributed by atoms with Crippen molar-refractivity contribution in [2.75, 3.05) is 10.5 Å². The molecule has 0 bridgehead atoms. The zero-order valence-corrected chi connectivity index (χ0v) is 14.8. The maximum atomic E-state index is 12.5. The number of hydrogen-bond acceptors (Lipinski definition) is 4. The molecule has 5 nitrogen and oxygen atoms in total. The summed E-state index contributed by atoms with van der Waals surface area (Å²) in [5.74, 6) is 0.000556. The lowest BCUT2D eigenvalue weighted by Gasteiger charge is -2.11. The summed E-state index contributed by atoms with van der Waals surface area (Å²) >= 11 is 0. The van der Waals surface area contributed by atoms with Gasteiger partial charge in [-0.2, -0.15) is 0 Å². The highest BCUT2D eigenvalue weighted by atomic mass is 32.2. The molecule has 1 N–H and O–H groups in total. The van der Waals surface area contributed by atoms with E-state index in [-0.39, 0.29) is 15.5 Å². The van der Waals surface area contributed by atoms with Gasteiger partial charge in [0, 0.05) is 5.69 Å². The molecule has 124 valence electrons. The monoisotopic (exact) mass is 353 g/mol. The largest absolute Gasteiger partial charge is 0.280 e. The molecule has 0 spiro atoms. The van der Waals surface area contributed by atoms with Crippen LogP contribution in [0.2, 0.25) is 0 Å². The van der Waals surface area contributed by atoms with Crippen molar-refractivity contribution in [1.29, 1.82) is 0 Å². The molecule has 2 rings (SSSR count). The second-order valence-corrected chi connectivity index (χ2v) is 9.23. The summed E-state index contributed by atoms with van der Waals surface area (Å²) in [7, 11) is -7.02. The second-order valence-electron chi connectivity index (χ2n) is 5.30. The maximum absolute atomic E-state index is 12.5. The molecule has 0 unspecified atom stereocenters. The summed E-state index contributed by atoms with van der Waals surface area (Å²) in [6.45, 7) is 5.11. The molecule has 0 amide bonds. The van der Waals surface area contributed by atoms with E-state index < -0.39 is 19.9 Å². The fourth-order valence-corrected chi connectivity index (χ4v) is 4.38. The van der Waals surface area contributed by atoms with Crippen LogP contribution in [-0.4, -0.2) is 22.6 Å². The molecule has 0 heterocycles. The molecule has 0 aliphatic carbocycles. The Morgan fingerprint density at radius 2 is 1.52 bits per heavy atom. The fourth-order valence-electron chi connectivity index (χ4n) is 2.10. The quantitative estimate of drug-likeness (QED) is 0.896. The smallest absolute Gasteiger partial charge is 0.262 e. The van der Waals surface area contributed by atoms with E-state index in [2.05, 4.69) is 4.72 Å². The van der Waals surface area contributed by atoms with E-state index in [9.17, 15) is 16.8 Å². The summed E-state index contributed by atoms with van der Waals surface area (Å²) in [5, 5.41) is 0.